The maximum Gasteiger partial charge on any atom is 0.0629 e. The lowest BCUT2D eigenvalue weighted by molar-refractivity contribution is 0.135. The van der Waals surface area contributed by atoms with Gasteiger partial charge in [0.05, 0.1) is 12.6 Å². The van der Waals surface area contributed by atoms with Crippen LogP contribution < -0.4 is 0 Å². The third-order valence-corrected chi connectivity index (χ3v) is 5.70. The van der Waals surface area contributed by atoms with Gasteiger partial charge >= 0.3 is 0 Å². The molecule has 1 heterocycles. The van der Waals surface area contributed by atoms with Crippen molar-refractivity contribution in [1.82, 2.24) is 4.90 Å². The van der Waals surface area contributed by atoms with E-state index in [2.05, 4.69) is 50.8 Å². The first-order valence-corrected chi connectivity index (χ1v) is 8.35. The van der Waals surface area contributed by atoms with E-state index in [0.717, 1.165) is 19.5 Å². The van der Waals surface area contributed by atoms with E-state index in [4.69, 9.17) is 0 Å². The molecule has 0 fully saturated rings. The average molecular weight is 291 g/mol. The van der Waals surface area contributed by atoms with Crippen molar-refractivity contribution in [2.75, 3.05) is 19.7 Å². The van der Waals surface area contributed by atoms with Gasteiger partial charge in [0, 0.05) is 9.58 Å². The van der Waals surface area contributed by atoms with Crippen molar-refractivity contribution in [2.24, 2.45) is 0 Å². The van der Waals surface area contributed by atoms with Gasteiger partial charge in [-0.25, -0.2) is 0 Å². The maximum atomic E-state index is 9.87. The molecule has 0 saturated carbocycles. The van der Waals surface area contributed by atoms with E-state index in [-0.39, 0.29) is 12.6 Å². The molecule has 1 atom stereocenters. The van der Waals surface area contributed by atoms with Gasteiger partial charge in [-0.15, -0.1) is 11.3 Å². The molecule has 1 unspecified atom stereocenters. The number of fused-ring (bicyclic) bond motifs is 1. The Labute approximate surface area is 126 Å². The molecule has 0 aliphatic carbocycles. The molecule has 0 aliphatic rings. The summed E-state index contributed by atoms with van der Waals surface area (Å²) in [5.41, 5.74) is 2.69. The van der Waals surface area contributed by atoms with Crippen LogP contribution in [0.4, 0.5) is 0 Å². The summed E-state index contributed by atoms with van der Waals surface area (Å²) in [5.74, 6) is 0. The minimum atomic E-state index is 0.108. The van der Waals surface area contributed by atoms with Crippen molar-refractivity contribution in [2.45, 2.75) is 40.2 Å². The summed E-state index contributed by atoms with van der Waals surface area (Å²) in [6.45, 7) is 10.8. The second-order valence-corrected chi connectivity index (χ2v) is 6.25. The Kier molecular flexibility index (Phi) is 5.19. The molecule has 2 aromatic rings. The number of benzene rings is 1. The lowest BCUT2D eigenvalue weighted by atomic mass is 10.0. The van der Waals surface area contributed by atoms with Gasteiger partial charge in [-0.05, 0) is 42.9 Å². The minimum Gasteiger partial charge on any atom is -0.394 e. The van der Waals surface area contributed by atoms with Crippen LogP contribution in [0, 0.1) is 6.92 Å². The number of aryl methyl sites for hydroxylation is 2. The van der Waals surface area contributed by atoms with Crippen molar-refractivity contribution >= 4 is 21.4 Å². The van der Waals surface area contributed by atoms with Crippen molar-refractivity contribution < 1.29 is 5.11 Å². The first-order chi connectivity index (χ1) is 9.67. The van der Waals surface area contributed by atoms with Gasteiger partial charge < -0.3 is 5.11 Å². The van der Waals surface area contributed by atoms with Crippen LogP contribution in [-0.4, -0.2) is 29.7 Å². The topological polar surface area (TPSA) is 23.5 Å². The summed E-state index contributed by atoms with van der Waals surface area (Å²) in [4.78, 5) is 3.79. The van der Waals surface area contributed by atoms with Crippen LogP contribution in [0.25, 0.3) is 10.1 Å². The van der Waals surface area contributed by atoms with Crippen molar-refractivity contribution in [3.8, 4) is 0 Å². The fourth-order valence-electron chi connectivity index (χ4n) is 2.99. The van der Waals surface area contributed by atoms with E-state index in [9.17, 15) is 5.11 Å². The predicted molar refractivity (Wildman–Crippen MR) is 88.7 cm³/mol. The zero-order chi connectivity index (χ0) is 14.7. The molecule has 0 radical (unpaired) electrons. The minimum absolute atomic E-state index is 0.108. The Morgan fingerprint density at radius 1 is 1.20 bits per heavy atom. The van der Waals surface area contributed by atoms with Crippen molar-refractivity contribution in [3.05, 3.63) is 34.2 Å². The second-order valence-electron chi connectivity index (χ2n) is 5.15. The van der Waals surface area contributed by atoms with E-state index in [1.807, 2.05) is 11.3 Å². The van der Waals surface area contributed by atoms with Crippen LogP contribution in [0.15, 0.2) is 18.2 Å². The molecule has 0 bridgehead atoms. The molecule has 0 spiro atoms. The summed E-state index contributed by atoms with van der Waals surface area (Å²) in [6, 6.07) is 6.62. The summed E-state index contributed by atoms with van der Waals surface area (Å²) in [6.07, 6.45) is 1.08. The summed E-state index contributed by atoms with van der Waals surface area (Å²) in [5, 5.41) is 11.2. The number of aliphatic hydroxyl groups excluding tert-OH is 1. The molecule has 1 aromatic carbocycles. The van der Waals surface area contributed by atoms with Gasteiger partial charge in [-0.1, -0.05) is 39.0 Å². The monoisotopic (exact) mass is 291 g/mol. The maximum absolute atomic E-state index is 9.87. The number of likely N-dealkylation sites (N-methyl/N-ethyl adjacent to an activating group) is 1. The largest absolute Gasteiger partial charge is 0.394 e. The SMILES string of the molecule is CCc1sc2c(C(CO)N(CC)CC)cccc2c1C. The van der Waals surface area contributed by atoms with E-state index in [1.165, 1.54) is 26.1 Å². The van der Waals surface area contributed by atoms with Crippen LogP contribution >= 0.6 is 11.3 Å². The smallest absolute Gasteiger partial charge is 0.0629 e. The highest BCUT2D eigenvalue weighted by Crippen LogP contribution is 2.37. The zero-order valence-electron chi connectivity index (χ0n) is 12.9. The van der Waals surface area contributed by atoms with Crippen LogP contribution in [-0.2, 0) is 6.42 Å². The van der Waals surface area contributed by atoms with Gasteiger partial charge in [0.15, 0.2) is 0 Å². The highest BCUT2D eigenvalue weighted by Gasteiger charge is 2.21. The highest BCUT2D eigenvalue weighted by molar-refractivity contribution is 7.19. The predicted octanol–water partition coefficient (Wildman–Crippen LogP) is 4.15. The molecule has 110 valence electrons. The normalized spacial score (nSPS) is 13.3. The average Bonchev–Trinajstić information content (AvgIpc) is 2.81. The summed E-state index contributed by atoms with van der Waals surface area (Å²) in [7, 11) is 0. The number of nitrogens with zero attached hydrogens (tertiary/aromatic N) is 1. The number of rotatable bonds is 6. The number of hydrogen-bond donors (Lipinski definition) is 1. The van der Waals surface area contributed by atoms with Gasteiger partial charge in [-0.3, -0.25) is 4.90 Å². The van der Waals surface area contributed by atoms with E-state index in [0.29, 0.717) is 0 Å². The Balaban J connectivity index is 2.58. The van der Waals surface area contributed by atoms with Crippen LogP contribution in [0.1, 0.15) is 42.8 Å². The highest BCUT2D eigenvalue weighted by atomic mass is 32.1. The molecule has 2 rings (SSSR count). The molecule has 0 amide bonds. The summed E-state index contributed by atoms with van der Waals surface area (Å²) >= 11 is 1.89. The molecule has 1 N–H and O–H groups in total. The Morgan fingerprint density at radius 3 is 2.45 bits per heavy atom. The fraction of sp³-hybridized carbons (Fsp3) is 0.529. The Hall–Kier alpha value is -0.900. The molecular formula is C17H25NOS. The molecule has 2 nitrogen and oxygen atoms in total. The molecule has 3 heteroatoms. The van der Waals surface area contributed by atoms with Crippen molar-refractivity contribution in [3.63, 3.8) is 0 Å². The first kappa shape index (κ1) is 15.5. The third kappa shape index (κ3) is 2.62. The fourth-order valence-corrected chi connectivity index (χ4v) is 4.30. The van der Waals surface area contributed by atoms with E-state index in [1.54, 1.807) is 0 Å². The van der Waals surface area contributed by atoms with Gasteiger partial charge in [0.2, 0.25) is 0 Å². The lowest BCUT2D eigenvalue weighted by Crippen LogP contribution is -2.30. The van der Waals surface area contributed by atoms with Crippen molar-refractivity contribution in [1.29, 1.82) is 0 Å². The zero-order valence-corrected chi connectivity index (χ0v) is 13.8. The van der Waals surface area contributed by atoms with Gasteiger partial charge in [0.25, 0.3) is 0 Å². The van der Waals surface area contributed by atoms with Gasteiger partial charge in [-0.2, -0.15) is 0 Å². The van der Waals surface area contributed by atoms with Gasteiger partial charge in [0.1, 0.15) is 0 Å². The second kappa shape index (κ2) is 6.70. The van der Waals surface area contributed by atoms with Crippen LogP contribution in [0.2, 0.25) is 0 Å². The Morgan fingerprint density at radius 2 is 1.90 bits per heavy atom. The lowest BCUT2D eigenvalue weighted by Gasteiger charge is -2.28. The molecule has 20 heavy (non-hydrogen) atoms. The molecule has 0 saturated heterocycles. The summed E-state index contributed by atoms with van der Waals surface area (Å²) < 4.78 is 1.35. The third-order valence-electron chi connectivity index (χ3n) is 4.20. The Bertz CT molecular complexity index is 572. The van der Waals surface area contributed by atoms with Crippen LogP contribution in [0.5, 0.6) is 0 Å². The molecular weight excluding hydrogens is 266 g/mol. The van der Waals surface area contributed by atoms with Crippen LogP contribution in [0.3, 0.4) is 0 Å². The quantitative estimate of drug-likeness (QED) is 0.864. The number of aliphatic hydroxyl groups is 1. The standard InChI is InChI=1S/C17H25NOS/c1-5-16-12(4)13-9-8-10-14(17(13)20-16)15(11-19)18(6-2)7-3/h8-10,15,19H,5-7,11H2,1-4H3. The number of thiophene rings is 1. The van der Waals surface area contributed by atoms with E-state index >= 15 is 0 Å². The number of hydrogen-bond acceptors (Lipinski definition) is 3. The molecule has 1 aromatic heterocycles. The van der Waals surface area contributed by atoms with E-state index < -0.39 is 0 Å². The first-order valence-electron chi connectivity index (χ1n) is 7.53. The molecule has 0 aliphatic heterocycles.